The molecule has 0 heterocycles. The number of ketones is 1. The Balaban J connectivity index is 1.96. The molecule has 114 valence electrons. The molecule has 1 N–H and O–H groups in total. The highest BCUT2D eigenvalue weighted by Crippen LogP contribution is 2.14. The summed E-state index contributed by atoms with van der Waals surface area (Å²) < 4.78 is 18.2. The molecule has 0 spiro atoms. The second kappa shape index (κ2) is 8.10. The van der Waals surface area contributed by atoms with Gasteiger partial charge in [0.05, 0.1) is 6.61 Å². The van der Waals surface area contributed by atoms with Crippen LogP contribution in [-0.2, 0) is 0 Å². The molecule has 2 aromatic rings. The number of allylic oxidation sites excluding steroid dienone is 1. The highest BCUT2D eigenvalue weighted by Gasteiger charge is 2.02. The van der Waals surface area contributed by atoms with Crippen LogP contribution in [0.2, 0.25) is 0 Å². The molecule has 0 atom stereocenters. The Kier molecular flexibility index (Phi) is 5.86. The number of hydrogen-bond donors (Lipinski definition) is 1. The first kappa shape index (κ1) is 15.9. The van der Waals surface area contributed by atoms with Gasteiger partial charge in [0.2, 0.25) is 0 Å². The van der Waals surface area contributed by atoms with Crippen LogP contribution in [-0.4, -0.2) is 24.1 Å². The van der Waals surface area contributed by atoms with E-state index in [-0.39, 0.29) is 18.2 Å². The molecule has 0 saturated carbocycles. The van der Waals surface area contributed by atoms with Gasteiger partial charge in [-0.25, -0.2) is 4.39 Å². The number of rotatable bonds is 7. The summed E-state index contributed by atoms with van der Waals surface area (Å²) in [6.07, 6.45) is 3.67. The molecule has 0 aliphatic carbocycles. The van der Waals surface area contributed by atoms with Crippen LogP contribution in [0.4, 0.5) is 4.39 Å². The van der Waals surface area contributed by atoms with Crippen molar-refractivity contribution in [3.63, 3.8) is 0 Å². The molecule has 0 aliphatic rings. The Morgan fingerprint density at radius 2 is 1.77 bits per heavy atom. The minimum atomic E-state index is -0.305. The van der Waals surface area contributed by atoms with Gasteiger partial charge in [0.25, 0.3) is 0 Å². The molecule has 0 unspecified atom stereocenters. The molecule has 0 aliphatic heterocycles. The van der Waals surface area contributed by atoms with E-state index in [1.165, 1.54) is 18.2 Å². The van der Waals surface area contributed by atoms with E-state index >= 15 is 0 Å². The third-order valence-corrected chi connectivity index (χ3v) is 3.01. The van der Waals surface area contributed by atoms with Gasteiger partial charge in [0, 0.05) is 18.6 Å². The van der Waals surface area contributed by atoms with Gasteiger partial charge >= 0.3 is 0 Å². The minimum absolute atomic E-state index is 0.0880. The third-order valence-electron chi connectivity index (χ3n) is 3.01. The molecule has 0 amide bonds. The second-order valence-corrected chi connectivity index (χ2v) is 4.70. The number of halogens is 1. The summed E-state index contributed by atoms with van der Waals surface area (Å²) in [5, 5.41) is 8.68. The minimum Gasteiger partial charge on any atom is -0.494 e. The van der Waals surface area contributed by atoms with Gasteiger partial charge in [-0.1, -0.05) is 18.2 Å². The normalized spacial score (nSPS) is 10.8. The van der Waals surface area contributed by atoms with Gasteiger partial charge in [0.1, 0.15) is 11.6 Å². The fourth-order valence-corrected chi connectivity index (χ4v) is 1.81. The van der Waals surface area contributed by atoms with Gasteiger partial charge in [-0.2, -0.15) is 0 Å². The fourth-order valence-electron chi connectivity index (χ4n) is 1.81. The van der Waals surface area contributed by atoms with Crippen molar-refractivity contribution in [3.05, 3.63) is 71.6 Å². The first-order chi connectivity index (χ1) is 10.7. The summed E-state index contributed by atoms with van der Waals surface area (Å²) in [7, 11) is 0. The molecule has 0 saturated heterocycles. The highest BCUT2D eigenvalue weighted by atomic mass is 19.1. The third kappa shape index (κ3) is 4.82. The maximum Gasteiger partial charge on any atom is 0.185 e. The smallest absolute Gasteiger partial charge is 0.185 e. The first-order valence-electron chi connectivity index (χ1n) is 7.01. The van der Waals surface area contributed by atoms with Crippen molar-refractivity contribution in [2.45, 2.75) is 6.42 Å². The number of carbonyl (C=O) groups excluding carboxylic acids is 1. The van der Waals surface area contributed by atoms with Crippen LogP contribution >= 0.6 is 0 Å². The molecular weight excluding hydrogens is 283 g/mol. The van der Waals surface area contributed by atoms with Crippen LogP contribution in [0.25, 0.3) is 6.08 Å². The van der Waals surface area contributed by atoms with E-state index in [9.17, 15) is 9.18 Å². The Morgan fingerprint density at radius 3 is 2.41 bits per heavy atom. The maximum atomic E-state index is 12.8. The van der Waals surface area contributed by atoms with Crippen molar-refractivity contribution in [2.75, 3.05) is 13.2 Å². The summed E-state index contributed by atoms with van der Waals surface area (Å²) in [6.45, 7) is 0.527. The standard InChI is InChI=1S/C18H17FO3/c19-16-7-2-14(3-8-16)4-11-18(21)15-5-9-17(10-6-15)22-13-1-12-20/h2-11,20H,1,12-13H2. The van der Waals surface area contributed by atoms with Crippen molar-refractivity contribution in [3.8, 4) is 5.75 Å². The van der Waals surface area contributed by atoms with E-state index in [2.05, 4.69) is 0 Å². The maximum absolute atomic E-state index is 12.8. The number of aliphatic hydroxyl groups is 1. The molecule has 0 radical (unpaired) electrons. The average Bonchev–Trinajstić information content (AvgIpc) is 2.55. The number of hydrogen-bond acceptors (Lipinski definition) is 3. The molecule has 4 heteroatoms. The van der Waals surface area contributed by atoms with Crippen LogP contribution < -0.4 is 4.74 Å². The number of carbonyl (C=O) groups is 1. The first-order valence-corrected chi connectivity index (χ1v) is 7.01. The molecule has 0 bridgehead atoms. The van der Waals surface area contributed by atoms with Crippen LogP contribution in [0.3, 0.4) is 0 Å². The summed E-state index contributed by atoms with van der Waals surface area (Å²) in [5.41, 5.74) is 1.31. The summed E-state index contributed by atoms with van der Waals surface area (Å²) >= 11 is 0. The van der Waals surface area contributed by atoms with Gasteiger partial charge in [0.15, 0.2) is 5.78 Å². The van der Waals surface area contributed by atoms with E-state index in [0.717, 1.165) is 5.56 Å². The van der Waals surface area contributed by atoms with E-state index in [0.29, 0.717) is 24.3 Å². The predicted octanol–water partition coefficient (Wildman–Crippen LogP) is 3.48. The van der Waals surface area contributed by atoms with Crippen molar-refractivity contribution < 1.29 is 19.0 Å². The van der Waals surface area contributed by atoms with Crippen LogP contribution in [0, 0.1) is 5.82 Å². The molecular formula is C18H17FO3. The summed E-state index contributed by atoms with van der Waals surface area (Å²) in [5.74, 6) is 0.221. The van der Waals surface area contributed by atoms with Crippen molar-refractivity contribution in [1.29, 1.82) is 0 Å². The summed E-state index contributed by atoms with van der Waals surface area (Å²) in [6, 6.07) is 12.7. The van der Waals surface area contributed by atoms with Crippen molar-refractivity contribution in [2.24, 2.45) is 0 Å². The van der Waals surface area contributed by atoms with Crippen LogP contribution in [0.1, 0.15) is 22.3 Å². The van der Waals surface area contributed by atoms with Crippen molar-refractivity contribution >= 4 is 11.9 Å². The topological polar surface area (TPSA) is 46.5 Å². The summed E-state index contributed by atoms with van der Waals surface area (Å²) in [4.78, 5) is 12.0. The lowest BCUT2D eigenvalue weighted by Crippen LogP contribution is -2.00. The predicted molar refractivity (Wildman–Crippen MR) is 83.4 cm³/mol. The van der Waals surface area contributed by atoms with Gasteiger partial charge < -0.3 is 9.84 Å². The van der Waals surface area contributed by atoms with Crippen molar-refractivity contribution in [1.82, 2.24) is 0 Å². The Morgan fingerprint density at radius 1 is 1.09 bits per heavy atom. The van der Waals surface area contributed by atoms with Crippen LogP contribution in [0.5, 0.6) is 5.75 Å². The lowest BCUT2D eigenvalue weighted by Gasteiger charge is -2.05. The lowest BCUT2D eigenvalue weighted by molar-refractivity contribution is 0.104. The zero-order valence-electron chi connectivity index (χ0n) is 12.0. The highest BCUT2D eigenvalue weighted by molar-refractivity contribution is 6.06. The zero-order valence-corrected chi connectivity index (χ0v) is 12.0. The molecule has 2 rings (SSSR count). The quantitative estimate of drug-likeness (QED) is 0.484. The SMILES string of the molecule is O=C(C=Cc1ccc(F)cc1)c1ccc(OCCCO)cc1. The Hall–Kier alpha value is -2.46. The number of aliphatic hydroxyl groups excluding tert-OH is 1. The molecule has 0 aromatic heterocycles. The Labute approximate surface area is 128 Å². The van der Waals surface area contributed by atoms with Gasteiger partial charge in [-0.15, -0.1) is 0 Å². The Bertz CT molecular complexity index is 630. The van der Waals surface area contributed by atoms with E-state index in [1.54, 1.807) is 42.5 Å². The molecule has 2 aromatic carbocycles. The number of benzene rings is 2. The molecule has 3 nitrogen and oxygen atoms in total. The largest absolute Gasteiger partial charge is 0.494 e. The lowest BCUT2D eigenvalue weighted by atomic mass is 10.1. The van der Waals surface area contributed by atoms with E-state index < -0.39 is 0 Å². The number of ether oxygens (including phenoxy) is 1. The van der Waals surface area contributed by atoms with Crippen LogP contribution in [0.15, 0.2) is 54.6 Å². The second-order valence-electron chi connectivity index (χ2n) is 4.70. The van der Waals surface area contributed by atoms with E-state index in [1.807, 2.05) is 0 Å². The molecule has 22 heavy (non-hydrogen) atoms. The fraction of sp³-hybridized carbons (Fsp3) is 0.167. The van der Waals surface area contributed by atoms with Gasteiger partial charge in [-0.3, -0.25) is 4.79 Å². The van der Waals surface area contributed by atoms with Gasteiger partial charge in [-0.05, 0) is 48.0 Å². The van der Waals surface area contributed by atoms with E-state index in [4.69, 9.17) is 9.84 Å². The monoisotopic (exact) mass is 300 g/mol. The average molecular weight is 300 g/mol. The zero-order chi connectivity index (χ0) is 15.8. The molecule has 0 fully saturated rings.